The van der Waals surface area contributed by atoms with E-state index in [1.165, 1.54) is 31.3 Å². The Morgan fingerprint density at radius 2 is 1.95 bits per heavy atom. The highest BCUT2D eigenvalue weighted by Crippen LogP contribution is 2.35. The Hall–Kier alpha value is -4.57. The number of rotatable bonds is 5. The number of aromatic nitrogens is 2. The normalized spacial score (nSPS) is 15.2. The summed E-state index contributed by atoms with van der Waals surface area (Å²) in [6.45, 7) is 3.14. The number of aliphatic imine (C=N–C) groups is 1. The Morgan fingerprint density at radius 3 is 2.70 bits per heavy atom. The fourth-order valence-electron chi connectivity index (χ4n) is 3.93. The molecule has 0 saturated carbocycles. The molecule has 0 bridgehead atoms. The third-order valence-corrected chi connectivity index (χ3v) is 6.03. The number of allylic oxidation sites excluding steroid dienone is 1. The first-order valence-electron chi connectivity index (χ1n) is 11.2. The van der Waals surface area contributed by atoms with E-state index in [1.54, 1.807) is 43.3 Å². The van der Waals surface area contributed by atoms with E-state index in [0.717, 1.165) is 0 Å². The number of nitrogens with zero attached hydrogens (tertiary/aromatic N) is 3. The maximum atomic E-state index is 14.1. The second-order valence-corrected chi connectivity index (χ2v) is 8.64. The highest BCUT2D eigenvalue weighted by Gasteiger charge is 2.31. The minimum absolute atomic E-state index is 0.0108. The van der Waals surface area contributed by atoms with Crippen LogP contribution in [0.4, 0.5) is 16.2 Å². The number of fused-ring (bicyclic) bond motifs is 1. The smallest absolute Gasteiger partial charge is 0.302 e. The van der Waals surface area contributed by atoms with E-state index in [1.807, 2.05) is 0 Å². The molecule has 0 spiro atoms. The average molecular weight is 519 g/mol. The number of pyridine rings is 1. The first-order chi connectivity index (χ1) is 17.8. The van der Waals surface area contributed by atoms with Gasteiger partial charge < -0.3 is 15.1 Å². The summed E-state index contributed by atoms with van der Waals surface area (Å²) in [7, 11) is 0. The first kappa shape index (κ1) is 24.1. The van der Waals surface area contributed by atoms with E-state index in [0.29, 0.717) is 27.4 Å². The van der Waals surface area contributed by atoms with Crippen molar-refractivity contribution in [1.29, 1.82) is 0 Å². The molecule has 2 aromatic carbocycles. The summed E-state index contributed by atoms with van der Waals surface area (Å²) in [4.78, 5) is 38.2. The summed E-state index contributed by atoms with van der Waals surface area (Å²) < 4.78 is 19.6. The van der Waals surface area contributed by atoms with Crippen LogP contribution in [0.1, 0.15) is 35.8 Å². The monoisotopic (exact) mass is 518 g/mol. The molecule has 0 radical (unpaired) electrons. The number of hydrogen-bond acceptors (Lipinski definition) is 8. The van der Waals surface area contributed by atoms with Gasteiger partial charge in [0.1, 0.15) is 17.4 Å². The maximum absolute atomic E-state index is 14.1. The molecule has 5 rings (SSSR count). The molecule has 186 valence electrons. The summed E-state index contributed by atoms with van der Waals surface area (Å²) in [5.41, 5.74) is 2.12. The zero-order chi connectivity index (χ0) is 26.1. The molecule has 1 aliphatic heterocycles. The van der Waals surface area contributed by atoms with Gasteiger partial charge in [0.05, 0.1) is 5.57 Å². The van der Waals surface area contributed by atoms with Gasteiger partial charge in [-0.2, -0.15) is 4.98 Å². The predicted molar refractivity (Wildman–Crippen MR) is 138 cm³/mol. The van der Waals surface area contributed by atoms with Crippen LogP contribution in [0.5, 0.6) is 0 Å². The van der Waals surface area contributed by atoms with E-state index >= 15 is 0 Å². The van der Waals surface area contributed by atoms with E-state index in [9.17, 15) is 14.0 Å². The van der Waals surface area contributed by atoms with Crippen LogP contribution in [0.2, 0.25) is 5.02 Å². The number of guanidine groups is 1. The molecule has 0 fully saturated rings. The molecule has 2 aromatic heterocycles. The van der Waals surface area contributed by atoms with E-state index in [2.05, 4.69) is 30.9 Å². The van der Waals surface area contributed by atoms with Crippen LogP contribution in [0, 0.1) is 5.82 Å². The Morgan fingerprint density at radius 1 is 1.14 bits per heavy atom. The van der Waals surface area contributed by atoms with Crippen LogP contribution < -0.4 is 16.0 Å². The topological polar surface area (TPSA) is 122 Å². The molecule has 1 atom stereocenters. The lowest BCUT2D eigenvalue weighted by molar-refractivity contribution is -0.113. The summed E-state index contributed by atoms with van der Waals surface area (Å²) in [5.74, 6) is -0.723. The SMILES string of the molecule is CC(=O)c1ccnc(NC(=O)C2=C(C)NC(Nc3nc4cccc(F)c4o3)=NC2c2ccccc2Cl)c1. The number of hydrogen-bond donors (Lipinski definition) is 3. The average Bonchev–Trinajstić information content (AvgIpc) is 3.28. The quantitative estimate of drug-likeness (QED) is 0.309. The van der Waals surface area contributed by atoms with Crippen LogP contribution in [0.3, 0.4) is 0 Å². The van der Waals surface area contributed by atoms with Crippen LogP contribution in [-0.2, 0) is 4.79 Å². The van der Waals surface area contributed by atoms with Gasteiger partial charge in [-0.25, -0.2) is 14.4 Å². The van der Waals surface area contributed by atoms with Crippen LogP contribution >= 0.6 is 11.6 Å². The molecule has 3 N–H and O–H groups in total. The second kappa shape index (κ2) is 9.82. The van der Waals surface area contributed by atoms with Crippen molar-refractivity contribution in [3.8, 4) is 0 Å². The molecule has 0 aliphatic carbocycles. The summed E-state index contributed by atoms with van der Waals surface area (Å²) in [6.07, 6.45) is 1.45. The minimum atomic E-state index is -0.811. The van der Waals surface area contributed by atoms with Gasteiger partial charge in [-0.1, -0.05) is 35.9 Å². The molecule has 4 aromatic rings. The van der Waals surface area contributed by atoms with Gasteiger partial charge in [0, 0.05) is 28.0 Å². The number of benzene rings is 2. The lowest BCUT2D eigenvalue weighted by Crippen LogP contribution is -2.37. The minimum Gasteiger partial charge on any atom is -0.420 e. The number of carbonyl (C=O) groups excluding carboxylic acids is 2. The zero-order valence-electron chi connectivity index (χ0n) is 19.7. The third kappa shape index (κ3) is 4.91. The van der Waals surface area contributed by atoms with Crippen molar-refractivity contribution in [3.63, 3.8) is 0 Å². The molecule has 37 heavy (non-hydrogen) atoms. The standard InChI is InChI=1S/C26H20ClFN6O3/c1-13-21(24(36)32-20-12-15(14(2)35)10-11-29-20)22(16-6-3-4-7-17(16)27)33-25(30-13)34-26-31-19-9-5-8-18(28)23(19)37-26/h3-12,22H,1-2H3,(H,29,32,36)(H2,30,31,33,34). The second-order valence-electron chi connectivity index (χ2n) is 8.24. The number of amides is 1. The van der Waals surface area contributed by atoms with Crippen LogP contribution in [0.25, 0.3) is 11.1 Å². The van der Waals surface area contributed by atoms with Crippen molar-refractivity contribution in [2.24, 2.45) is 4.99 Å². The Balaban J connectivity index is 1.49. The highest BCUT2D eigenvalue weighted by atomic mass is 35.5. The molecule has 0 saturated heterocycles. The lowest BCUT2D eigenvalue weighted by Gasteiger charge is -2.26. The van der Waals surface area contributed by atoms with Crippen molar-refractivity contribution < 1.29 is 18.4 Å². The van der Waals surface area contributed by atoms with Crippen molar-refractivity contribution in [3.05, 3.63) is 94.0 Å². The molecule has 9 nitrogen and oxygen atoms in total. The zero-order valence-corrected chi connectivity index (χ0v) is 20.4. The largest absolute Gasteiger partial charge is 0.420 e. The van der Waals surface area contributed by atoms with Gasteiger partial charge in [-0.3, -0.25) is 14.9 Å². The Labute approximate surface area is 215 Å². The van der Waals surface area contributed by atoms with Crippen molar-refractivity contribution in [2.75, 3.05) is 10.6 Å². The van der Waals surface area contributed by atoms with Crippen molar-refractivity contribution in [1.82, 2.24) is 15.3 Å². The van der Waals surface area contributed by atoms with Crippen molar-refractivity contribution >= 4 is 52.2 Å². The van der Waals surface area contributed by atoms with Crippen LogP contribution in [0.15, 0.2) is 81.5 Å². The van der Waals surface area contributed by atoms with Gasteiger partial charge >= 0.3 is 6.01 Å². The van der Waals surface area contributed by atoms with Gasteiger partial charge in [0.2, 0.25) is 5.96 Å². The lowest BCUT2D eigenvalue weighted by atomic mass is 9.95. The number of halogens is 2. The number of carbonyl (C=O) groups is 2. The Kier molecular flexibility index (Phi) is 6.41. The summed E-state index contributed by atoms with van der Waals surface area (Å²) in [6, 6.07) is 13.7. The molecule has 3 heterocycles. The van der Waals surface area contributed by atoms with Gasteiger partial charge in [0.15, 0.2) is 17.2 Å². The first-order valence-corrected chi connectivity index (χ1v) is 11.6. The number of para-hydroxylation sites is 1. The van der Waals surface area contributed by atoms with E-state index in [4.69, 9.17) is 16.0 Å². The van der Waals surface area contributed by atoms with Crippen molar-refractivity contribution in [2.45, 2.75) is 19.9 Å². The number of Topliss-reactive ketones (excluding diaryl/α,β-unsaturated/α-hetero) is 1. The van der Waals surface area contributed by atoms with Gasteiger partial charge in [-0.15, -0.1) is 0 Å². The number of oxazole rings is 1. The summed E-state index contributed by atoms with van der Waals surface area (Å²) >= 11 is 6.48. The van der Waals surface area contributed by atoms with E-state index < -0.39 is 17.8 Å². The molecule has 1 unspecified atom stereocenters. The predicted octanol–water partition coefficient (Wildman–Crippen LogP) is 5.24. The highest BCUT2D eigenvalue weighted by molar-refractivity contribution is 6.31. The van der Waals surface area contributed by atoms with E-state index in [-0.39, 0.29) is 34.7 Å². The molecular weight excluding hydrogens is 499 g/mol. The molecule has 1 aliphatic rings. The molecule has 1 amide bonds. The fraction of sp³-hybridized carbons (Fsp3) is 0.115. The van der Waals surface area contributed by atoms with Gasteiger partial charge in [-0.05, 0) is 44.2 Å². The number of ketones is 1. The molecular formula is C26H20ClFN6O3. The number of nitrogens with one attached hydrogen (secondary N) is 3. The van der Waals surface area contributed by atoms with Crippen LogP contribution in [-0.4, -0.2) is 27.6 Å². The third-order valence-electron chi connectivity index (χ3n) is 5.69. The molecule has 11 heteroatoms. The number of anilines is 2. The van der Waals surface area contributed by atoms with Gasteiger partial charge in [0.25, 0.3) is 5.91 Å². The maximum Gasteiger partial charge on any atom is 0.302 e. The fourth-order valence-corrected chi connectivity index (χ4v) is 4.17. The Bertz CT molecular complexity index is 1610. The summed E-state index contributed by atoms with van der Waals surface area (Å²) in [5, 5.41) is 9.10.